The van der Waals surface area contributed by atoms with Gasteiger partial charge >= 0.3 is 0 Å². The molecule has 1 rings (SSSR count). The lowest BCUT2D eigenvalue weighted by atomic mass is 10.2. The number of thioether (sulfide) groups is 1. The van der Waals surface area contributed by atoms with Crippen molar-refractivity contribution < 1.29 is 9.90 Å². The van der Waals surface area contributed by atoms with Gasteiger partial charge in [-0.3, -0.25) is 4.79 Å². The van der Waals surface area contributed by atoms with Gasteiger partial charge in [0.25, 0.3) is 0 Å². The average Bonchev–Trinajstić information content (AvgIpc) is 2.29. The molecule has 0 fully saturated rings. The van der Waals surface area contributed by atoms with Crippen molar-refractivity contribution >= 4 is 17.7 Å². The zero-order valence-corrected chi connectivity index (χ0v) is 10.2. The van der Waals surface area contributed by atoms with Crippen LogP contribution in [-0.4, -0.2) is 29.9 Å². The number of nitrogens with one attached hydrogen (secondary N) is 1. The van der Waals surface area contributed by atoms with Gasteiger partial charge < -0.3 is 10.4 Å². The van der Waals surface area contributed by atoms with E-state index in [0.717, 1.165) is 4.90 Å². The summed E-state index contributed by atoms with van der Waals surface area (Å²) in [4.78, 5) is 12.4. The summed E-state index contributed by atoms with van der Waals surface area (Å²) in [6.07, 6.45) is 0.612. The molecule has 3 nitrogen and oxygen atoms in total. The maximum Gasteiger partial charge on any atom is 0.230 e. The van der Waals surface area contributed by atoms with E-state index < -0.39 is 0 Å². The minimum Gasteiger partial charge on any atom is -0.396 e. The lowest BCUT2D eigenvalue weighted by Gasteiger charge is -2.04. The Labute approximate surface area is 100 Å². The van der Waals surface area contributed by atoms with E-state index in [0.29, 0.717) is 18.7 Å². The summed E-state index contributed by atoms with van der Waals surface area (Å²) in [6.45, 7) is 2.70. The number of carbonyl (C=O) groups is 1. The van der Waals surface area contributed by atoms with Crippen molar-refractivity contribution in [1.29, 1.82) is 0 Å². The van der Waals surface area contributed by atoms with Crippen LogP contribution in [-0.2, 0) is 4.79 Å². The van der Waals surface area contributed by atoms with Crippen LogP contribution in [0.25, 0.3) is 0 Å². The Morgan fingerprint density at radius 3 is 2.69 bits per heavy atom. The lowest BCUT2D eigenvalue weighted by Crippen LogP contribution is -2.26. The normalized spacial score (nSPS) is 10.1. The van der Waals surface area contributed by atoms with Crippen LogP contribution in [0, 0.1) is 6.92 Å². The van der Waals surface area contributed by atoms with Crippen molar-refractivity contribution in [2.24, 2.45) is 0 Å². The Bertz CT molecular complexity index is 324. The molecular formula is C12H17NO2S. The predicted molar refractivity (Wildman–Crippen MR) is 66.6 cm³/mol. The highest BCUT2D eigenvalue weighted by molar-refractivity contribution is 8.00. The fraction of sp³-hybridized carbons (Fsp3) is 0.417. The van der Waals surface area contributed by atoms with Crippen LogP contribution in [0.3, 0.4) is 0 Å². The van der Waals surface area contributed by atoms with Gasteiger partial charge in [-0.1, -0.05) is 17.7 Å². The first-order valence-corrected chi connectivity index (χ1v) is 6.28. The minimum absolute atomic E-state index is 0.0130. The number of benzene rings is 1. The van der Waals surface area contributed by atoms with E-state index in [1.54, 1.807) is 0 Å². The Morgan fingerprint density at radius 2 is 2.06 bits per heavy atom. The second kappa shape index (κ2) is 7.30. The molecule has 88 valence electrons. The molecule has 0 aliphatic carbocycles. The molecule has 0 atom stereocenters. The van der Waals surface area contributed by atoms with Crippen molar-refractivity contribution in [3.05, 3.63) is 29.8 Å². The van der Waals surface area contributed by atoms with Gasteiger partial charge in [0.2, 0.25) is 5.91 Å². The van der Waals surface area contributed by atoms with Crippen LogP contribution in [0.4, 0.5) is 0 Å². The minimum atomic E-state index is 0.0130. The third-order valence-electron chi connectivity index (χ3n) is 2.05. The second-order valence-corrected chi connectivity index (χ2v) is 4.58. The van der Waals surface area contributed by atoms with E-state index in [-0.39, 0.29) is 12.5 Å². The van der Waals surface area contributed by atoms with E-state index in [2.05, 4.69) is 5.32 Å². The van der Waals surface area contributed by atoms with E-state index in [4.69, 9.17) is 5.11 Å². The average molecular weight is 239 g/mol. The fourth-order valence-electron chi connectivity index (χ4n) is 1.14. The summed E-state index contributed by atoms with van der Waals surface area (Å²) in [5, 5.41) is 11.3. The fourth-order valence-corrected chi connectivity index (χ4v) is 1.87. The summed E-state index contributed by atoms with van der Waals surface area (Å²) < 4.78 is 0. The Morgan fingerprint density at radius 1 is 1.38 bits per heavy atom. The van der Waals surface area contributed by atoms with Crippen LogP contribution >= 0.6 is 11.8 Å². The first-order chi connectivity index (χ1) is 7.72. The molecule has 0 saturated heterocycles. The predicted octanol–water partition coefficient (Wildman–Crippen LogP) is 1.59. The smallest absolute Gasteiger partial charge is 0.230 e. The third-order valence-corrected chi connectivity index (χ3v) is 3.06. The molecule has 0 radical (unpaired) electrons. The molecule has 0 heterocycles. The zero-order chi connectivity index (χ0) is 11.8. The highest BCUT2D eigenvalue weighted by atomic mass is 32.2. The van der Waals surface area contributed by atoms with Gasteiger partial charge in [-0.2, -0.15) is 0 Å². The van der Waals surface area contributed by atoms with Gasteiger partial charge in [-0.15, -0.1) is 11.8 Å². The first kappa shape index (κ1) is 13.1. The molecular weight excluding hydrogens is 222 g/mol. The van der Waals surface area contributed by atoms with Gasteiger partial charge in [0.05, 0.1) is 5.75 Å². The summed E-state index contributed by atoms with van der Waals surface area (Å²) in [5.74, 6) is 0.438. The molecule has 0 unspecified atom stereocenters. The van der Waals surface area contributed by atoms with Crippen LogP contribution in [0.2, 0.25) is 0 Å². The van der Waals surface area contributed by atoms with E-state index >= 15 is 0 Å². The molecule has 16 heavy (non-hydrogen) atoms. The quantitative estimate of drug-likeness (QED) is 0.585. The van der Waals surface area contributed by atoms with Crippen molar-refractivity contribution in [2.45, 2.75) is 18.2 Å². The van der Waals surface area contributed by atoms with Crippen molar-refractivity contribution in [1.82, 2.24) is 5.32 Å². The summed E-state index contributed by atoms with van der Waals surface area (Å²) in [5.41, 5.74) is 1.22. The SMILES string of the molecule is Cc1ccc(SCC(=O)NCCCO)cc1. The zero-order valence-electron chi connectivity index (χ0n) is 9.40. The number of amides is 1. The van der Waals surface area contributed by atoms with Gasteiger partial charge in [-0.05, 0) is 25.5 Å². The highest BCUT2D eigenvalue weighted by Gasteiger charge is 2.01. The van der Waals surface area contributed by atoms with Gasteiger partial charge in [0, 0.05) is 18.0 Å². The van der Waals surface area contributed by atoms with E-state index in [9.17, 15) is 4.79 Å². The maximum absolute atomic E-state index is 11.3. The van der Waals surface area contributed by atoms with Crippen LogP contribution in [0.5, 0.6) is 0 Å². The molecule has 0 aliphatic heterocycles. The van der Waals surface area contributed by atoms with Gasteiger partial charge in [0.15, 0.2) is 0 Å². The molecule has 0 bridgehead atoms. The molecule has 1 aromatic rings. The topological polar surface area (TPSA) is 49.3 Å². The Hall–Kier alpha value is -1.00. The molecule has 0 aliphatic rings. The summed E-state index contributed by atoms with van der Waals surface area (Å²) >= 11 is 1.52. The summed E-state index contributed by atoms with van der Waals surface area (Å²) in [7, 11) is 0. The van der Waals surface area contributed by atoms with Crippen molar-refractivity contribution in [3.63, 3.8) is 0 Å². The van der Waals surface area contributed by atoms with Gasteiger partial charge in [-0.25, -0.2) is 0 Å². The molecule has 0 spiro atoms. The number of aliphatic hydroxyl groups excluding tert-OH is 1. The summed E-state index contributed by atoms with van der Waals surface area (Å²) in [6, 6.07) is 8.10. The van der Waals surface area contributed by atoms with E-state index in [1.807, 2.05) is 31.2 Å². The number of hydrogen-bond acceptors (Lipinski definition) is 3. The second-order valence-electron chi connectivity index (χ2n) is 3.53. The molecule has 1 aromatic carbocycles. The van der Waals surface area contributed by atoms with Crippen molar-refractivity contribution in [3.8, 4) is 0 Å². The number of aliphatic hydroxyl groups is 1. The molecule has 0 aromatic heterocycles. The number of hydrogen-bond donors (Lipinski definition) is 2. The maximum atomic E-state index is 11.3. The van der Waals surface area contributed by atoms with Crippen LogP contribution in [0.1, 0.15) is 12.0 Å². The molecule has 4 heteroatoms. The van der Waals surface area contributed by atoms with E-state index in [1.165, 1.54) is 17.3 Å². The Kier molecular flexibility index (Phi) is 5.96. The van der Waals surface area contributed by atoms with Crippen LogP contribution in [0.15, 0.2) is 29.2 Å². The largest absolute Gasteiger partial charge is 0.396 e. The third kappa shape index (κ3) is 5.19. The standard InChI is InChI=1S/C12H17NO2S/c1-10-3-5-11(6-4-10)16-9-12(15)13-7-2-8-14/h3-6,14H,2,7-9H2,1H3,(H,13,15). The molecule has 2 N–H and O–H groups in total. The highest BCUT2D eigenvalue weighted by Crippen LogP contribution is 2.17. The monoisotopic (exact) mass is 239 g/mol. The van der Waals surface area contributed by atoms with Crippen LogP contribution < -0.4 is 5.32 Å². The lowest BCUT2D eigenvalue weighted by molar-refractivity contribution is -0.118. The Balaban J connectivity index is 2.23. The van der Waals surface area contributed by atoms with Crippen molar-refractivity contribution in [2.75, 3.05) is 18.9 Å². The molecule has 1 amide bonds. The number of aryl methyl sites for hydroxylation is 1. The molecule has 0 saturated carbocycles. The number of carbonyl (C=O) groups excluding carboxylic acids is 1. The number of rotatable bonds is 6. The van der Waals surface area contributed by atoms with Gasteiger partial charge in [0.1, 0.15) is 0 Å². The first-order valence-electron chi connectivity index (χ1n) is 5.29.